The van der Waals surface area contributed by atoms with Crippen molar-refractivity contribution in [1.29, 1.82) is 0 Å². The Morgan fingerprint density at radius 1 is 1.19 bits per heavy atom. The van der Waals surface area contributed by atoms with Crippen LogP contribution in [-0.4, -0.2) is 39.5 Å². The van der Waals surface area contributed by atoms with Crippen LogP contribution in [0.5, 0.6) is 0 Å². The highest BCUT2D eigenvalue weighted by atomic mass is 19.3. The maximum atomic E-state index is 13.3. The molecular weight excluding hydrogens is 338 g/mol. The molecule has 1 fully saturated rings. The molecule has 4 rings (SSSR count). The molecule has 3 aromatic rings. The van der Waals surface area contributed by atoms with Crippen LogP contribution in [0.15, 0.2) is 48.8 Å². The summed E-state index contributed by atoms with van der Waals surface area (Å²) in [6.45, 7) is 0.771. The summed E-state index contributed by atoms with van der Waals surface area (Å²) in [5.41, 5.74) is 8.72. The van der Waals surface area contributed by atoms with Crippen molar-refractivity contribution in [2.24, 2.45) is 5.73 Å². The Hall–Kier alpha value is -2.80. The number of fused-ring (bicyclic) bond motifs is 1. The first-order valence-corrected chi connectivity index (χ1v) is 8.38. The first-order valence-electron chi connectivity index (χ1n) is 8.38. The number of benzene rings is 1. The van der Waals surface area contributed by atoms with Crippen LogP contribution in [-0.2, 0) is 6.54 Å². The molecule has 0 aliphatic carbocycles. The van der Waals surface area contributed by atoms with E-state index < -0.39 is 12.0 Å². The van der Waals surface area contributed by atoms with E-state index >= 15 is 0 Å². The summed E-state index contributed by atoms with van der Waals surface area (Å²) < 4.78 is 27.9. The number of hydrogen-bond donors (Lipinski definition) is 1. The lowest BCUT2D eigenvalue weighted by atomic mass is 10.0. The minimum atomic E-state index is -2.57. The third kappa shape index (κ3) is 3.17. The molecule has 0 radical (unpaired) electrons. The van der Waals surface area contributed by atoms with Gasteiger partial charge in [0.2, 0.25) is 0 Å². The number of hydrogen-bond acceptors (Lipinski definition) is 3. The Balaban J connectivity index is 1.53. The molecule has 0 spiro atoms. The number of alkyl halides is 2. The zero-order valence-corrected chi connectivity index (χ0v) is 14.0. The lowest BCUT2D eigenvalue weighted by Gasteiger charge is -2.15. The number of primary amides is 1. The van der Waals surface area contributed by atoms with Gasteiger partial charge >= 0.3 is 6.03 Å². The number of carbonyl (C=O) groups excluding carboxylic acids is 1. The molecular formula is C19H18F2N4O. The largest absolute Gasteiger partial charge is 0.351 e. The summed E-state index contributed by atoms with van der Waals surface area (Å²) >= 11 is 0. The van der Waals surface area contributed by atoms with Crippen molar-refractivity contribution in [2.75, 3.05) is 13.1 Å². The molecule has 0 atom stereocenters. The van der Waals surface area contributed by atoms with E-state index in [-0.39, 0.29) is 13.0 Å². The molecule has 0 unspecified atom stereocenters. The molecule has 3 heterocycles. The third-order valence-corrected chi connectivity index (χ3v) is 4.71. The van der Waals surface area contributed by atoms with Crippen molar-refractivity contribution >= 4 is 17.1 Å². The number of likely N-dealkylation sites (tertiary alicyclic amines) is 1. The van der Waals surface area contributed by atoms with Gasteiger partial charge in [0.25, 0.3) is 5.92 Å². The van der Waals surface area contributed by atoms with E-state index in [1.54, 1.807) is 23.4 Å². The van der Waals surface area contributed by atoms with Gasteiger partial charge in [-0.2, -0.15) is 0 Å². The maximum Gasteiger partial charge on any atom is 0.324 e. The third-order valence-electron chi connectivity index (χ3n) is 4.71. The first kappa shape index (κ1) is 16.7. The van der Waals surface area contributed by atoms with Crippen molar-refractivity contribution in [2.45, 2.75) is 18.9 Å². The van der Waals surface area contributed by atoms with Gasteiger partial charge in [0.15, 0.2) is 0 Å². The normalized spacial score (nSPS) is 17.0. The highest BCUT2D eigenvalue weighted by Crippen LogP contribution is 2.28. The molecule has 7 heteroatoms. The fourth-order valence-electron chi connectivity index (χ4n) is 3.36. The zero-order valence-electron chi connectivity index (χ0n) is 14.0. The predicted octanol–water partition coefficient (Wildman–Crippen LogP) is 3.47. The van der Waals surface area contributed by atoms with Gasteiger partial charge in [-0.25, -0.2) is 18.6 Å². The number of rotatable bonds is 3. The zero-order chi connectivity index (χ0) is 18.3. The molecule has 0 saturated carbocycles. The molecule has 1 aromatic carbocycles. The number of amides is 1. The molecule has 1 amide bonds. The molecule has 1 aliphatic heterocycles. The first-order chi connectivity index (χ1) is 12.4. The fraction of sp³-hybridized carbons (Fsp3) is 0.263. The van der Waals surface area contributed by atoms with Crippen molar-refractivity contribution in [3.63, 3.8) is 0 Å². The van der Waals surface area contributed by atoms with Crippen molar-refractivity contribution in [3.8, 4) is 11.1 Å². The highest BCUT2D eigenvalue weighted by Gasteiger charge is 2.37. The summed E-state index contributed by atoms with van der Waals surface area (Å²) in [4.78, 5) is 17.4. The Morgan fingerprint density at radius 3 is 2.62 bits per heavy atom. The molecule has 2 N–H and O–H groups in total. The van der Waals surface area contributed by atoms with E-state index in [0.717, 1.165) is 22.1 Å². The number of nitrogens with zero attached hydrogens (tertiary/aromatic N) is 3. The van der Waals surface area contributed by atoms with Crippen LogP contribution in [0.1, 0.15) is 12.0 Å². The standard InChI is InChI=1S/C19H18F2N4O/c20-19(21)6-8-24(12-19)11-13-1-3-14(4-2-13)16-9-15-5-7-25(18(22)26)17(15)23-10-16/h1-5,7,9-10H,6,8,11-12H2,(H2,22,26). The molecule has 1 aliphatic rings. The van der Waals surface area contributed by atoms with Gasteiger partial charge in [0.1, 0.15) is 5.65 Å². The van der Waals surface area contributed by atoms with Gasteiger partial charge in [0, 0.05) is 42.9 Å². The summed E-state index contributed by atoms with van der Waals surface area (Å²) in [7, 11) is 0. The SMILES string of the molecule is NC(=O)n1ccc2cc(-c3ccc(CN4CCC(F)(F)C4)cc3)cnc21. The van der Waals surface area contributed by atoms with E-state index in [0.29, 0.717) is 18.7 Å². The number of carbonyl (C=O) groups is 1. The van der Waals surface area contributed by atoms with Gasteiger partial charge in [0.05, 0.1) is 6.54 Å². The van der Waals surface area contributed by atoms with Gasteiger partial charge in [-0.3, -0.25) is 9.47 Å². The van der Waals surface area contributed by atoms with E-state index in [9.17, 15) is 13.6 Å². The second-order valence-corrected chi connectivity index (χ2v) is 6.67. The van der Waals surface area contributed by atoms with Crippen LogP contribution in [0.3, 0.4) is 0 Å². The Labute approximate surface area is 149 Å². The van der Waals surface area contributed by atoms with Gasteiger partial charge in [-0.05, 0) is 23.3 Å². The maximum absolute atomic E-state index is 13.3. The molecule has 0 bridgehead atoms. The monoisotopic (exact) mass is 356 g/mol. The Kier molecular flexibility index (Phi) is 3.96. The average molecular weight is 356 g/mol. The summed E-state index contributed by atoms with van der Waals surface area (Å²) in [5, 5.41) is 0.824. The van der Waals surface area contributed by atoms with E-state index in [1.807, 2.05) is 30.3 Å². The summed E-state index contributed by atoms with van der Waals surface area (Å²) in [6.07, 6.45) is 3.22. The average Bonchev–Trinajstić information content (AvgIpc) is 3.18. The highest BCUT2D eigenvalue weighted by molar-refractivity contribution is 5.90. The smallest absolute Gasteiger partial charge is 0.324 e. The minimum absolute atomic E-state index is 0.0677. The van der Waals surface area contributed by atoms with E-state index in [1.165, 1.54) is 4.57 Å². The minimum Gasteiger partial charge on any atom is -0.351 e. The van der Waals surface area contributed by atoms with Crippen LogP contribution in [0, 0.1) is 0 Å². The summed E-state index contributed by atoms with van der Waals surface area (Å²) in [6, 6.07) is 11.0. The predicted molar refractivity (Wildman–Crippen MR) is 95.0 cm³/mol. The van der Waals surface area contributed by atoms with Crippen LogP contribution in [0.4, 0.5) is 13.6 Å². The van der Waals surface area contributed by atoms with Gasteiger partial charge in [-0.1, -0.05) is 24.3 Å². The second-order valence-electron chi connectivity index (χ2n) is 6.67. The number of pyridine rings is 1. The topological polar surface area (TPSA) is 64.2 Å². The molecule has 134 valence electrons. The van der Waals surface area contributed by atoms with Crippen LogP contribution in [0.25, 0.3) is 22.2 Å². The molecule has 2 aromatic heterocycles. The van der Waals surface area contributed by atoms with E-state index in [2.05, 4.69) is 4.98 Å². The quantitative estimate of drug-likeness (QED) is 0.781. The molecule has 26 heavy (non-hydrogen) atoms. The molecule has 1 saturated heterocycles. The lowest BCUT2D eigenvalue weighted by Crippen LogP contribution is -2.24. The summed E-state index contributed by atoms with van der Waals surface area (Å²) in [5.74, 6) is -2.57. The number of aromatic nitrogens is 2. The van der Waals surface area contributed by atoms with Gasteiger partial charge < -0.3 is 5.73 Å². The number of nitrogens with two attached hydrogens (primary N) is 1. The fourth-order valence-corrected chi connectivity index (χ4v) is 3.36. The van der Waals surface area contributed by atoms with Gasteiger partial charge in [-0.15, -0.1) is 0 Å². The second kappa shape index (κ2) is 6.17. The van der Waals surface area contributed by atoms with Crippen molar-refractivity contribution in [3.05, 3.63) is 54.4 Å². The molecule has 5 nitrogen and oxygen atoms in total. The van der Waals surface area contributed by atoms with Crippen LogP contribution < -0.4 is 5.73 Å². The lowest BCUT2D eigenvalue weighted by molar-refractivity contribution is 0.0115. The van der Waals surface area contributed by atoms with Crippen LogP contribution in [0.2, 0.25) is 0 Å². The Bertz CT molecular complexity index is 965. The Morgan fingerprint density at radius 2 is 1.96 bits per heavy atom. The van der Waals surface area contributed by atoms with Crippen molar-refractivity contribution in [1.82, 2.24) is 14.5 Å². The van der Waals surface area contributed by atoms with Crippen LogP contribution >= 0.6 is 0 Å². The number of halogens is 2. The van der Waals surface area contributed by atoms with Crippen molar-refractivity contribution < 1.29 is 13.6 Å². The van der Waals surface area contributed by atoms with E-state index in [4.69, 9.17) is 5.73 Å².